The van der Waals surface area contributed by atoms with Crippen molar-refractivity contribution < 1.29 is 22.8 Å². The lowest BCUT2D eigenvalue weighted by Crippen LogP contribution is -2.65. The second kappa shape index (κ2) is 9.95. The molecule has 1 aromatic rings. The van der Waals surface area contributed by atoms with Crippen LogP contribution < -0.4 is 11.2 Å². The van der Waals surface area contributed by atoms with E-state index in [0.29, 0.717) is 3.57 Å². The number of aromatic nitrogens is 2. The normalized spacial score (nSPS) is 29.5. The van der Waals surface area contributed by atoms with Crippen LogP contribution in [0.2, 0.25) is 22.2 Å². The number of hydrogen-bond donors (Lipinski definition) is 2. The lowest BCUT2D eigenvalue weighted by atomic mass is 10.1. The standard InChI is InChI=1S/C21H37IN2O7Si2/c1-11(2)32(12(3)4)28-10-16-18(30-33(31-32,13(5)6)14(7)8)17(25)20(29-16)24-9-15(22)19(26)23-21(24)27/h9,11-14,16-18,20,25H,10H2,1-8H3,(H,23,26,27)/t16-,17?,18-,20+/m0/s1. The van der Waals surface area contributed by atoms with Crippen molar-refractivity contribution in [3.8, 4) is 0 Å². The van der Waals surface area contributed by atoms with Crippen molar-refractivity contribution in [2.24, 2.45) is 0 Å². The molecule has 1 unspecified atom stereocenters. The average molecular weight is 613 g/mol. The number of fused-ring (bicyclic) bond motifs is 1. The molecule has 33 heavy (non-hydrogen) atoms. The zero-order valence-electron chi connectivity index (χ0n) is 20.6. The van der Waals surface area contributed by atoms with Crippen LogP contribution >= 0.6 is 22.6 Å². The van der Waals surface area contributed by atoms with Crippen molar-refractivity contribution in [1.82, 2.24) is 9.55 Å². The number of nitrogens with zero attached hydrogens (tertiary/aromatic N) is 1. The van der Waals surface area contributed by atoms with Gasteiger partial charge in [-0.1, -0.05) is 55.4 Å². The monoisotopic (exact) mass is 612 g/mol. The third-order valence-corrected chi connectivity index (χ3v) is 17.9. The van der Waals surface area contributed by atoms with E-state index in [-0.39, 0.29) is 28.8 Å². The number of aliphatic hydroxyl groups excluding tert-OH is 1. The molecule has 9 nitrogen and oxygen atoms in total. The second-order valence-electron chi connectivity index (χ2n) is 10.3. The van der Waals surface area contributed by atoms with Gasteiger partial charge in [0, 0.05) is 6.20 Å². The van der Waals surface area contributed by atoms with Gasteiger partial charge in [-0.2, -0.15) is 0 Å². The van der Waals surface area contributed by atoms with Crippen molar-refractivity contribution in [2.45, 2.75) is 102 Å². The summed E-state index contributed by atoms with van der Waals surface area (Å²) in [6, 6.07) is 0. The first-order chi connectivity index (χ1) is 15.3. The van der Waals surface area contributed by atoms with Gasteiger partial charge in [0.1, 0.15) is 18.3 Å². The van der Waals surface area contributed by atoms with Crippen LogP contribution in [-0.2, 0) is 17.7 Å². The number of H-pyrrole nitrogens is 1. The minimum atomic E-state index is -2.92. The Morgan fingerprint density at radius 1 is 1.03 bits per heavy atom. The van der Waals surface area contributed by atoms with Crippen molar-refractivity contribution in [3.63, 3.8) is 0 Å². The fraction of sp³-hybridized carbons (Fsp3) is 0.810. The summed E-state index contributed by atoms with van der Waals surface area (Å²) in [6.45, 7) is 17.2. The lowest BCUT2D eigenvalue weighted by Gasteiger charge is -2.51. The van der Waals surface area contributed by atoms with Crippen molar-refractivity contribution in [3.05, 3.63) is 30.6 Å². The Hall–Kier alpha value is -0.356. The van der Waals surface area contributed by atoms with Gasteiger partial charge in [-0.25, -0.2) is 4.79 Å². The highest BCUT2D eigenvalue weighted by molar-refractivity contribution is 14.1. The molecule has 0 amide bonds. The predicted molar refractivity (Wildman–Crippen MR) is 138 cm³/mol. The fourth-order valence-corrected chi connectivity index (χ4v) is 16.7. The van der Waals surface area contributed by atoms with Crippen LogP contribution in [0.1, 0.15) is 61.6 Å². The van der Waals surface area contributed by atoms with Gasteiger partial charge in [0.15, 0.2) is 6.23 Å². The molecule has 2 aliphatic rings. The molecule has 2 fully saturated rings. The number of aliphatic hydroxyl groups is 1. The van der Waals surface area contributed by atoms with E-state index in [1.54, 1.807) is 0 Å². The topological polar surface area (TPSA) is 112 Å². The molecule has 0 aliphatic carbocycles. The van der Waals surface area contributed by atoms with Crippen molar-refractivity contribution >= 4 is 39.7 Å². The summed E-state index contributed by atoms with van der Waals surface area (Å²) >= 11 is 1.85. The van der Waals surface area contributed by atoms with Crippen molar-refractivity contribution in [1.29, 1.82) is 0 Å². The summed E-state index contributed by atoms with van der Waals surface area (Å²) < 4.78 is 28.4. The molecule has 2 saturated heterocycles. The first kappa shape index (κ1) is 27.2. The Morgan fingerprint density at radius 3 is 2.09 bits per heavy atom. The summed E-state index contributed by atoms with van der Waals surface area (Å²) in [5.74, 6) is 0. The minimum absolute atomic E-state index is 0.104. The summed E-state index contributed by atoms with van der Waals surface area (Å²) in [4.78, 5) is 26.6. The lowest BCUT2D eigenvalue weighted by molar-refractivity contribution is -0.0601. The zero-order valence-corrected chi connectivity index (χ0v) is 24.8. The Labute approximate surface area is 210 Å². The molecule has 2 aliphatic heterocycles. The minimum Gasteiger partial charge on any atom is -0.414 e. The highest BCUT2D eigenvalue weighted by atomic mass is 127. The molecule has 0 radical (unpaired) electrons. The molecule has 0 saturated carbocycles. The Bertz CT molecular complexity index is 949. The number of aromatic amines is 1. The van der Waals surface area contributed by atoms with E-state index in [4.69, 9.17) is 17.7 Å². The first-order valence-electron chi connectivity index (χ1n) is 11.6. The molecular formula is C21H37IN2O7Si2. The average Bonchev–Trinajstić information content (AvgIpc) is 2.98. The molecule has 188 valence electrons. The van der Waals surface area contributed by atoms with Gasteiger partial charge in [0.2, 0.25) is 0 Å². The smallest absolute Gasteiger partial charge is 0.335 e. The molecular weight excluding hydrogens is 575 g/mol. The molecule has 1 aromatic heterocycles. The van der Waals surface area contributed by atoms with E-state index in [1.165, 1.54) is 10.8 Å². The molecule has 3 heterocycles. The molecule has 0 spiro atoms. The predicted octanol–water partition coefficient (Wildman–Crippen LogP) is 3.36. The quantitative estimate of drug-likeness (QED) is 0.388. The molecule has 4 atom stereocenters. The van der Waals surface area contributed by atoms with Crippen LogP contribution in [0, 0.1) is 3.57 Å². The van der Waals surface area contributed by atoms with E-state index in [2.05, 4.69) is 60.4 Å². The fourth-order valence-electron chi connectivity index (χ4n) is 5.02. The number of nitrogens with one attached hydrogen (secondary N) is 1. The maximum absolute atomic E-state index is 12.5. The third-order valence-electron chi connectivity index (χ3n) is 6.84. The zero-order chi connectivity index (χ0) is 24.9. The summed E-state index contributed by atoms with van der Waals surface area (Å²) in [5.41, 5.74) is -0.529. The van der Waals surface area contributed by atoms with Crippen LogP contribution in [0.4, 0.5) is 0 Å². The molecule has 0 aromatic carbocycles. The van der Waals surface area contributed by atoms with Gasteiger partial charge >= 0.3 is 22.8 Å². The first-order valence-corrected chi connectivity index (χ1v) is 16.6. The molecule has 12 heteroatoms. The van der Waals surface area contributed by atoms with Gasteiger partial charge in [-0.05, 0) is 44.8 Å². The SMILES string of the molecule is CC(C)[Si]1(C(C)C)OC[C@@H]2O[C@@H](n3cc(I)c(=O)[nH]c3=O)C(O)[C@H]2O[Si](C(C)C)(C(C)C)O1. The number of rotatable bonds is 5. The summed E-state index contributed by atoms with van der Waals surface area (Å²) in [6.07, 6.45) is -2.01. The number of halogens is 1. The van der Waals surface area contributed by atoms with E-state index in [0.717, 1.165) is 0 Å². The Kier molecular flexibility index (Phi) is 8.21. The Balaban J connectivity index is 2.10. The van der Waals surface area contributed by atoms with Gasteiger partial charge in [0.05, 0.1) is 10.2 Å². The summed E-state index contributed by atoms with van der Waals surface area (Å²) in [5, 5.41) is 11.3. The summed E-state index contributed by atoms with van der Waals surface area (Å²) in [7, 11) is -5.66. The van der Waals surface area contributed by atoms with Gasteiger partial charge in [0.25, 0.3) is 5.56 Å². The van der Waals surface area contributed by atoms with E-state index < -0.39 is 52.9 Å². The molecule has 2 N–H and O–H groups in total. The number of ether oxygens (including phenoxy) is 1. The van der Waals surface area contributed by atoms with Crippen LogP contribution in [-0.4, -0.2) is 56.7 Å². The van der Waals surface area contributed by atoms with Crippen LogP contribution in [0.3, 0.4) is 0 Å². The maximum Gasteiger partial charge on any atom is 0.335 e. The highest BCUT2D eigenvalue weighted by Crippen LogP contribution is 2.48. The van der Waals surface area contributed by atoms with Crippen LogP contribution in [0.25, 0.3) is 0 Å². The second-order valence-corrected chi connectivity index (χ2v) is 20.3. The Morgan fingerprint density at radius 2 is 1.58 bits per heavy atom. The highest BCUT2D eigenvalue weighted by Gasteiger charge is 2.61. The van der Waals surface area contributed by atoms with Crippen molar-refractivity contribution in [2.75, 3.05) is 6.61 Å². The van der Waals surface area contributed by atoms with E-state index >= 15 is 0 Å². The van der Waals surface area contributed by atoms with E-state index in [9.17, 15) is 14.7 Å². The van der Waals surface area contributed by atoms with Gasteiger partial charge in [-0.3, -0.25) is 14.3 Å². The molecule has 0 bridgehead atoms. The van der Waals surface area contributed by atoms with Gasteiger partial charge in [-0.15, -0.1) is 0 Å². The third kappa shape index (κ3) is 4.73. The van der Waals surface area contributed by atoms with E-state index in [1.807, 2.05) is 22.6 Å². The van der Waals surface area contributed by atoms with Crippen LogP contribution in [0.15, 0.2) is 15.8 Å². The van der Waals surface area contributed by atoms with Gasteiger partial charge < -0.3 is 22.8 Å². The van der Waals surface area contributed by atoms with Crippen LogP contribution in [0.5, 0.6) is 0 Å². The maximum atomic E-state index is 12.5. The number of hydrogen-bond acceptors (Lipinski definition) is 7. The largest absolute Gasteiger partial charge is 0.414 e. The molecule has 3 rings (SSSR count).